The number of hydrogen-bond acceptors (Lipinski definition) is 7. The van der Waals surface area contributed by atoms with Crippen LogP contribution in [0.3, 0.4) is 0 Å². The molecule has 0 aliphatic heterocycles. The van der Waals surface area contributed by atoms with Gasteiger partial charge in [0.05, 0.1) is 11.6 Å². The van der Waals surface area contributed by atoms with E-state index in [0.29, 0.717) is 29.0 Å². The van der Waals surface area contributed by atoms with E-state index in [1.165, 1.54) is 29.1 Å². The van der Waals surface area contributed by atoms with Gasteiger partial charge < -0.3 is 11.1 Å². The van der Waals surface area contributed by atoms with Crippen LogP contribution in [-0.4, -0.2) is 31.4 Å². The van der Waals surface area contributed by atoms with Crippen molar-refractivity contribution in [2.75, 3.05) is 5.73 Å². The molecule has 30 heavy (non-hydrogen) atoms. The number of nitriles is 1. The molecule has 8 nitrogen and oxygen atoms in total. The predicted molar refractivity (Wildman–Crippen MR) is 107 cm³/mol. The van der Waals surface area contributed by atoms with Crippen molar-refractivity contribution in [2.45, 2.75) is 23.6 Å². The Morgan fingerprint density at radius 3 is 2.77 bits per heavy atom. The van der Waals surface area contributed by atoms with E-state index in [9.17, 15) is 13.6 Å². The van der Waals surface area contributed by atoms with Gasteiger partial charge in [-0.3, -0.25) is 4.79 Å². The number of nitrogens with two attached hydrogens (primary N) is 1. The molecule has 0 spiro atoms. The quantitative estimate of drug-likeness (QED) is 0.551. The zero-order valence-corrected chi connectivity index (χ0v) is 17.0. The molecule has 3 N–H and O–H groups in total. The summed E-state index contributed by atoms with van der Waals surface area (Å²) >= 11 is 6.25. The average Bonchev–Trinajstić information content (AvgIpc) is 3.09. The molecule has 1 atom stereocenters. The molecule has 1 amide bonds. The van der Waals surface area contributed by atoms with Gasteiger partial charge in [-0.25, -0.2) is 4.98 Å². The number of thioether (sulfide) groups is 1. The van der Waals surface area contributed by atoms with E-state index in [1.54, 1.807) is 19.1 Å². The third-order valence-electron chi connectivity index (χ3n) is 3.84. The summed E-state index contributed by atoms with van der Waals surface area (Å²) < 4.78 is 26.6. The molecular weight excluding hydrogens is 436 g/mol. The molecule has 0 saturated heterocycles. The zero-order valence-electron chi connectivity index (χ0n) is 15.4. The van der Waals surface area contributed by atoms with Crippen molar-refractivity contribution in [2.24, 2.45) is 0 Å². The Labute approximate surface area is 179 Å². The normalized spacial score (nSPS) is 11.9. The zero-order chi connectivity index (χ0) is 21.8. The molecule has 3 rings (SSSR count). The Morgan fingerprint density at radius 2 is 2.13 bits per heavy atom. The molecule has 154 valence electrons. The van der Waals surface area contributed by atoms with Gasteiger partial charge in [0.15, 0.2) is 11.6 Å². The number of nitrogens with zero attached hydrogens (tertiary/aromatic N) is 5. The Morgan fingerprint density at radius 1 is 1.37 bits per heavy atom. The second kappa shape index (κ2) is 9.06. The highest BCUT2D eigenvalue weighted by atomic mass is 35.5. The molecule has 3 aromatic rings. The summed E-state index contributed by atoms with van der Waals surface area (Å²) in [7, 11) is 0. The summed E-state index contributed by atoms with van der Waals surface area (Å²) in [4.78, 5) is 21.1. The van der Waals surface area contributed by atoms with Crippen molar-refractivity contribution < 1.29 is 13.6 Å². The molecule has 0 bridgehead atoms. The van der Waals surface area contributed by atoms with E-state index in [4.69, 9.17) is 22.6 Å². The van der Waals surface area contributed by atoms with Gasteiger partial charge in [-0.1, -0.05) is 23.4 Å². The number of anilines is 1. The van der Waals surface area contributed by atoms with Crippen LogP contribution in [0.4, 0.5) is 14.7 Å². The molecular formula is C18H14ClF2N7OS. The van der Waals surface area contributed by atoms with Crippen LogP contribution in [0.2, 0.25) is 5.02 Å². The molecule has 2 aromatic heterocycles. The number of amides is 1. The fraction of sp³-hybridized carbons (Fsp3) is 0.167. The minimum atomic E-state index is -2.64. The molecule has 12 heteroatoms. The molecule has 0 aliphatic carbocycles. The van der Waals surface area contributed by atoms with Crippen LogP contribution in [-0.2, 0) is 0 Å². The average molecular weight is 450 g/mol. The number of pyridine rings is 1. The maximum atomic E-state index is 12.6. The van der Waals surface area contributed by atoms with E-state index in [1.807, 2.05) is 6.07 Å². The first-order chi connectivity index (χ1) is 14.3. The standard InChI is InChI=1S/C18H14ClF2N7OS/c1-9(25-16(29)11-4-12(19)6-13(5-11)30-17(20)21)15-26-18(23)27-28(15)14-3-2-10(7-22)8-24-14/h2-6,8-9,17H,1H3,(H2,23,27)(H,25,29)/t9-/m0/s1. The molecule has 0 aliphatic rings. The van der Waals surface area contributed by atoms with Crippen LogP contribution < -0.4 is 11.1 Å². The Kier molecular flexibility index (Phi) is 6.49. The number of rotatable bonds is 6. The van der Waals surface area contributed by atoms with E-state index >= 15 is 0 Å². The summed E-state index contributed by atoms with van der Waals surface area (Å²) in [5.74, 6) is -2.56. The van der Waals surface area contributed by atoms with Gasteiger partial charge >= 0.3 is 0 Å². The lowest BCUT2D eigenvalue weighted by Crippen LogP contribution is -2.29. The van der Waals surface area contributed by atoms with Gasteiger partial charge in [0.1, 0.15) is 6.07 Å². The summed E-state index contributed by atoms with van der Waals surface area (Å²) in [6, 6.07) is 8.48. The minimum Gasteiger partial charge on any atom is -0.366 e. The van der Waals surface area contributed by atoms with Crippen molar-refractivity contribution in [3.8, 4) is 11.9 Å². The van der Waals surface area contributed by atoms with Crippen molar-refractivity contribution in [1.82, 2.24) is 25.1 Å². The number of carbonyl (C=O) groups excluding carboxylic acids is 1. The number of carbonyl (C=O) groups is 1. The third kappa shape index (κ3) is 5.03. The van der Waals surface area contributed by atoms with Gasteiger partial charge in [0.2, 0.25) is 5.95 Å². The number of nitrogen functional groups attached to an aromatic ring is 1. The lowest BCUT2D eigenvalue weighted by atomic mass is 10.2. The van der Waals surface area contributed by atoms with Gasteiger partial charge in [-0.15, -0.1) is 5.10 Å². The first-order valence-corrected chi connectivity index (χ1v) is 9.68. The van der Waals surface area contributed by atoms with Gasteiger partial charge in [-0.05, 0) is 37.3 Å². The fourth-order valence-corrected chi connectivity index (χ4v) is 3.47. The van der Waals surface area contributed by atoms with Crippen molar-refractivity contribution in [3.63, 3.8) is 0 Å². The molecule has 0 fully saturated rings. The second-order valence-electron chi connectivity index (χ2n) is 6.01. The Bertz CT molecular complexity index is 1110. The first kappa shape index (κ1) is 21.5. The lowest BCUT2D eigenvalue weighted by molar-refractivity contribution is 0.0937. The maximum absolute atomic E-state index is 12.6. The Hall–Kier alpha value is -3.23. The highest BCUT2D eigenvalue weighted by Gasteiger charge is 2.21. The number of alkyl halides is 2. The van der Waals surface area contributed by atoms with Crippen LogP contribution in [0, 0.1) is 11.3 Å². The molecule has 2 heterocycles. The van der Waals surface area contributed by atoms with Gasteiger partial charge in [-0.2, -0.15) is 23.7 Å². The maximum Gasteiger partial charge on any atom is 0.288 e. The highest BCUT2D eigenvalue weighted by Crippen LogP contribution is 2.29. The SMILES string of the molecule is C[C@H](NC(=O)c1cc(Cl)cc(SC(F)F)c1)c1nc(N)nn1-c1ccc(C#N)cn1. The van der Waals surface area contributed by atoms with Gasteiger partial charge in [0.25, 0.3) is 11.7 Å². The largest absolute Gasteiger partial charge is 0.366 e. The molecule has 0 unspecified atom stereocenters. The Balaban J connectivity index is 1.84. The minimum absolute atomic E-state index is 0.0318. The highest BCUT2D eigenvalue weighted by molar-refractivity contribution is 7.99. The first-order valence-electron chi connectivity index (χ1n) is 8.42. The topological polar surface area (TPSA) is 123 Å². The van der Waals surface area contributed by atoms with Crippen LogP contribution >= 0.6 is 23.4 Å². The number of halogens is 3. The van der Waals surface area contributed by atoms with Gasteiger partial charge in [0, 0.05) is 21.7 Å². The monoisotopic (exact) mass is 449 g/mol. The number of aromatic nitrogens is 4. The number of nitrogens with one attached hydrogen (secondary N) is 1. The molecule has 1 aromatic carbocycles. The summed E-state index contributed by atoms with van der Waals surface area (Å²) in [6.07, 6.45) is 1.37. The van der Waals surface area contributed by atoms with Crippen molar-refractivity contribution in [1.29, 1.82) is 5.26 Å². The second-order valence-corrected chi connectivity index (χ2v) is 7.51. The summed E-state index contributed by atoms with van der Waals surface area (Å²) in [5, 5.41) is 15.8. The smallest absolute Gasteiger partial charge is 0.288 e. The molecule has 0 saturated carbocycles. The molecule has 0 radical (unpaired) electrons. The predicted octanol–water partition coefficient (Wildman–Crippen LogP) is 3.58. The van der Waals surface area contributed by atoms with Crippen molar-refractivity contribution >= 4 is 35.2 Å². The van der Waals surface area contributed by atoms with Crippen LogP contribution in [0.25, 0.3) is 5.82 Å². The van der Waals surface area contributed by atoms with Crippen LogP contribution in [0.15, 0.2) is 41.4 Å². The van der Waals surface area contributed by atoms with E-state index in [0.717, 1.165) is 0 Å². The fourth-order valence-electron chi connectivity index (χ4n) is 2.58. The van der Waals surface area contributed by atoms with Crippen LogP contribution in [0.1, 0.15) is 34.7 Å². The lowest BCUT2D eigenvalue weighted by Gasteiger charge is -2.15. The van der Waals surface area contributed by atoms with E-state index in [-0.39, 0.29) is 21.4 Å². The third-order valence-corrected chi connectivity index (χ3v) is 4.74. The number of hydrogen-bond donors (Lipinski definition) is 2. The van der Waals surface area contributed by atoms with E-state index < -0.39 is 17.7 Å². The van der Waals surface area contributed by atoms with Crippen LogP contribution in [0.5, 0.6) is 0 Å². The van der Waals surface area contributed by atoms with Crippen molar-refractivity contribution in [3.05, 3.63) is 58.5 Å². The number of benzene rings is 1. The summed E-state index contributed by atoms with van der Waals surface area (Å²) in [6.45, 7) is 1.65. The van der Waals surface area contributed by atoms with E-state index in [2.05, 4.69) is 20.4 Å². The summed E-state index contributed by atoms with van der Waals surface area (Å²) in [5.41, 5.74) is 6.20.